The van der Waals surface area contributed by atoms with Gasteiger partial charge < -0.3 is 14.4 Å². The van der Waals surface area contributed by atoms with Gasteiger partial charge in [0.25, 0.3) is 0 Å². The van der Waals surface area contributed by atoms with Crippen molar-refractivity contribution in [2.45, 2.75) is 57.6 Å². The van der Waals surface area contributed by atoms with Crippen LogP contribution in [-0.4, -0.2) is 23.0 Å². The first kappa shape index (κ1) is 29.5. The first-order valence-corrected chi connectivity index (χ1v) is 15.4. The summed E-state index contributed by atoms with van der Waals surface area (Å²) in [5.41, 5.74) is 8.19. The SMILES string of the molecule is Cc1cc(Oc2[c-]c(C3=N[C@@H]4CCC[C@@H]4O3)cc(-c3ccccc3)c2)[c-]c(N2c3ccccc3C(C)(C)c3cccnc32)c1.[Pt+2]. The van der Waals surface area contributed by atoms with E-state index in [-0.39, 0.29) is 38.6 Å². The normalized spacial score (nSPS) is 19.0. The molecule has 6 heteroatoms. The molecule has 4 aromatic carbocycles. The van der Waals surface area contributed by atoms with E-state index in [1.54, 1.807) is 0 Å². The predicted octanol–water partition coefficient (Wildman–Crippen LogP) is 9.25. The van der Waals surface area contributed by atoms with Crippen LogP contribution in [-0.2, 0) is 31.2 Å². The Balaban J connectivity index is 0.00000325. The molecule has 1 fully saturated rings. The van der Waals surface area contributed by atoms with Gasteiger partial charge in [0.05, 0.1) is 6.04 Å². The fourth-order valence-electron chi connectivity index (χ4n) is 6.88. The second kappa shape index (κ2) is 11.6. The smallest absolute Gasteiger partial charge is 0.515 e. The van der Waals surface area contributed by atoms with Crippen LogP contribution < -0.4 is 9.64 Å². The summed E-state index contributed by atoms with van der Waals surface area (Å²) < 4.78 is 12.9. The number of anilines is 3. The van der Waals surface area contributed by atoms with E-state index in [0.29, 0.717) is 17.4 Å². The van der Waals surface area contributed by atoms with Crippen molar-refractivity contribution in [1.82, 2.24) is 4.98 Å². The number of rotatable bonds is 5. The third-order valence-electron chi connectivity index (χ3n) is 9.07. The van der Waals surface area contributed by atoms with Gasteiger partial charge in [0.2, 0.25) is 0 Å². The molecular weight excluding hydrogens is 738 g/mol. The molecule has 1 saturated carbocycles. The first-order chi connectivity index (χ1) is 21.4. The summed E-state index contributed by atoms with van der Waals surface area (Å²) >= 11 is 0. The fourth-order valence-corrected chi connectivity index (χ4v) is 6.88. The molecule has 0 spiro atoms. The molecule has 0 unspecified atom stereocenters. The molecule has 2 aliphatic heterocycles. The summed E-state index contributed by atoms with van der Waals surface area (Å²) in [4.78, 5) is 12.0. The van der Waals surface area contributed by atoms with Crippen molar-refractivity contribution in [3.8, 4) is 22.6 Å². The van der Waals surface area contributed by atoms with Gasteiger partial charge in [-0.05, 0) is 42.5 Å². The van der Waals surface area contributed by atoms with E-state index in [4.69, 9.17) is 19.5 Å². The van der Waals surface area contributed by atoms with Crippen molar-refractivity contribution in [3.63, 3.8) is 0 Å². The number of benzene rings is 4. The minimum Gasteiger partial charge on any atom is -0.515 e. The van der Waals surface area contributed by atoms with Gasteiger partial charge >= 0.3 is 21.1 Å². The largest absolute Gasteiger partial charge is 2.00 e. The van der Waals surface area contributed by atoms with Crippen molar-refractivity contribution in [3.05, 3.63) is 132 Å². The maximum atomic E-state index is 6.60. The Labute approximate surface area is 279 Å². The van der Waals surface area contributed by atoms with Crippen molar-refractivity contribution < 1.29 is 30.5 Å². The average molecular weight is 771 g/mol. The molecular formula is C39H33N3O2Pt. The van der Waals surface area contributed by atoms with E-state index in [0.717, 1.165) is 52.3 Å². The van der Waals surface area contributed by atoms with Gasteiger partial charge in [0, 0.05) is 34.4 Å². The fraction of sp³-hybridized carbons (Fsp3) is 0.231. The van der Waals surface area contributed by atoms with Crippen LogP contribution in [0, 0.1) is 19.1 Å². The van der Waals surface area contributed by atoms with Crippen LogP contribution in [0.25, 0.3) is 11.1 Å². The van der Waals surface area contributed by atoms with Crippen LogP contribution in [0.15, 0.2) is 102 Å². The molecule has 5 nitrogen and oxygen atoms in total. The number of nitrogens with zero attached hydrogens (tertiary/aromatic N) is 3. The third kappa shape index (κ3) is 5.27. The summed E-state index contributed by atoms with van der Waals surface area (Å²) in [6.45, 7) is 6.60. The number of fused-ring (bicyclic) bond motifs is 3. The summed E-state index contributed by atoms with van der Waals surface area (Å²) in [6, 6.07) is 38.6. The molecule has 3 heterocycles. The summed E-state index contributed by atoms with van der Waals surface area (Å²) in [5, 5.41) is 0. The number of hydrogen-bond donors (Lipinski definition) is 0. The van der Waals surface area contributed by atoms with Gasteiger partial charge in [-0.15, -0.1) is 24.3 Å². The Morgan fingerprint density at radius 1 is 0.844 bits per heavy atom. The van der Waals surface area contributed by atoms with E-state index in [1.165, 1.54) is 17.5 Å². The summed E-state index contributed by atoms with van der Waals surface area (Å²) in [7, 11) is 0. The van der Waals surface area contributed by atoms with E-state index in [9.17, 15) is 0 Å². The average Bonchev–Trinajstić information content (AvgIpc) is 3.65. The molecule has 0 amide bonds. The number of pyridine rings is 1. The summed E-state index contributed by atoms with van der Waals surface area (Å²) in [5.74, 6) is 2.77. The Bertz CT molecular complexity index is 1870. The van der Waals surface area contributed by atoms with Gasteiger partial charge in [0.1, 0.15) is 17.8 Å². The van der Waals surface area contributed by atoms with Crippen molar-refractivity contribution in [2.75, 3.05) is 4.90 Å². The third-order valence-corrected chi connectivity index (χ3v) is 9.07. The minimum atomic E-state index is -0.188. The quantitative estimate of drug-likeness (QED) is 0.167. The molecule has 45 heavy (non-hydrogen) atoms. The molecule has 8 rings (SSSR count). The second-order valence-corrected chi connectivity index (χ2v) is 12.5. The zero-order valence-electron chi connectivity index (χ0n) is 25.5. The maximum absolute atomic E-state index is 6.60. The van der Waals surface area contributed by atoms with Crippen LogP contribution >= 0.6 is 0 Å². The number of para-hydroxylation sites is 1. The van der Waals surface area contributed by atoms with Gasteiger partial charge in [-0.3, -0.25) is 4.99 Å². The monoisotopic (exact) mass is 770 g/mol. The zero-order chi connectivity index (χ0) is 29.8. The molecule has 0 radical (unpaired) electrons. The van der Waals surface area contributed by atoms with E-state index < -0.39 is 0 Å². The van der Waals surface area contributed by atoms with Crippen molar-refractivity contribution in [1.29, 1.82) is 0 Å². The van der Waals surface area contributed by atoms with E-state index >= 15 is 0 Å². The maximum Gasteiger partial charge on any atom is 2.00 e. The van der Waals surface area contributed by atoms with Crippen LogP contribution in [0.4, 0.5) is 17.2 Å². The van der Waals surface area contributed by atoms with Crippen LogP contribution in [0.5, 0.6) is 11.5 Å². The van der Waals surface area contributed by atoms with Gasteiger partial charge in [-0.25, -0.2) is 4.98 Å². The van der Waals surface area contributed by atoms with E-state index in [1.807, 2.05) is 42.6 Å². The Morgan fingerprint density at radius 3 is 2.47 bits per heavy atom. The number of aryl methyl sites for hydroxylation is 1. The Kier molecular flexibility index (Phi) is 7.61. The number of aliphatic imine (C=N–C) groups is 1. The molecule has 0 bridgehead atoms. The van der Waals surface area contributed by atoms with Gasteiger partial charge in [-0.2, -0.15) is 5.56 Å². The number of ether oxygens (including phenoxy) is 2. The van der Waals surface area contributed by atoms with Crippen LogP contribution in [0.1, 0.15) is 55.4 Å². The molecule has 0 N–H and O–H groups in total. The van der Waals surface area contributed by atoms with Gasteiger partial charge in [-0.1, -0.05) is 104 Å². The molecule has 5 aromatic rings. The molecule has 1 aromatic heterocycles. The summed E-state index contributed by atoms with van der Waals surface area (Å²) in [6.07, 6.45) is 5.32. The Morgan fingerprint density at radius 2 is 1.62 bits per heavy atom. The first-order valence-electron chi connectivity index (χ1n) is 15.4. The van der Waals surface area contributed by atoms with Crippen LogP contribution in [0.2, 0.25) is 0 Å². The van der Waals surface area contributed by atoms with Crippen molar-refractivity contribution >= 4 is 23.1 Å². The molecule has 226 valence electrons. The zero-order valence-corrected chi connectivity index (χ0v) is 27.8. The predicted molar refractivity (Wildman–Crippen MR) is 174 cm³/mol. The van der Waals surface area contributed by atoms with E-state index in [2.05, 4.69) is 92.4 Å². The number of hydrogen-bond acceptors (Lipinski definition) is 5. The molecule has 2 atom stereocenters. The van der Waals surface area contributed by atoms with Gasteiger partial charge in [0.15, 0.2) is 0 Å². The Hall–Kier alpha value is -4.21. The second-order valence-electron chi connectivity index (χ2n) is 12.5. The topological polar surface area (TPSA) is 47.0 Å². The standard InChI is InChI=1S/C39H33N3O2.Pt/c1-25-19-29(42-35-16-8-7-13-32(35)39(2,3)33-14-10-18-40-37(33)42)24-30(20-25)43-31-22-27(26-11-5-4-6-12-26)21-28(23-31)38-41-34-15-9-17-36(34)44-38;/h4-8,10-14,16,18-22,34,36H,9,15,17H2,1-3H3;/q-2;+2/t34-,36+;/m1./s1. The molecule has 0 saturated heterocycles. The van der Waals surface area contributed by atoms with Crippen LogP contribution in [0.3, 0.4) is 0 Å². The van der Waals surface area contributed by atoms with Crippen molar-refractivity contribution in [2.24, 2.45) is 4.99 Å². The molecule has 1 aliphatic carbocycles. The number of aromatic nitrogens is 1. The molecule has 3 aliphatic rings. The minimum absolute atomic E-state index is 0.